The third-order valence-electron chi connectivity index (χ3n) is 4.19. The Morgan fingerprint density at radius 1 is 1.20 bits per heavy atom. The summed E-state index contributed by atoms with van der Waals surface area (Å²) < 4.78 is 0. The molecule has 1 aliphatic rings. The molecule has 0 aliphatic carbocycles. The van der Waals surface area contributed by atoms with Gasteiger partial charge in [-0.05, 0) is 49.0 Å². The number of rotatable bonds is 5. The van der Waals surface area contributed by atoms with Crippen molar-refractivity contribution in [3.05, 3.63) is 35.4 Å². The van der Waals surface area contributed by atoms with Gasteiger partial charge in [0, 0.05) is 17.3 Å². The van der Waals surface area contributed by atoms with Crippen molar-refractivity contribution in [1.82, 2.24) is 5.32 Å². The summed E-state index contributed by atoms with van der Waals surface area (Å²) in [6.07, 6.45) is 3.86. The fraction of sp³-hybridized carbons (Fsp3) is 0.667. The Hall–Kier alpha value is -0.470. The molecule has 0 aromatic heterocycles. The molecule has 0 saturated carbocycles. The smallest absolute Gasteiger partial charge is 0.0294 e. The minimum Gasteiger partial charge on any atom is -0.306 e. The molecule has 0 amide bonds. The Balaban J connectivity index is 1.93. The third kappa shape index (κ3) is 4.53. The third-order valence-corrected chi connectivity index (χ3v) is 5.57. The van der Waals surface area contributed by atoms with Gasteiger partial charge in [0.1, 0.15) is 0 Å². The fourth-order valence-corrected chi connectivity index (χ4v) is 4.13. The SMILES string of the molecule is CC(C)Cc1ccc(C(C)NC2CCCSC2C)cc1. The van der Waals surface area contributed by atoms with E-state index in [1.807, 2.05) is 0 Å². The van der Waals surface area contributed by atoms with E-state index in [4.69, 9.17) is 0 Å². The highest BCUT2D eigenvalue weighted by Crippen LogP contribution is 2.27. The van der Waals surface area contributed by atoms with Crippen molar-refractivity contribution in [2.75, 3.05) is 5.75 Å². The summed E-state index contributed by atoms with van der Waals surface area (Å²) in [5.74, 6) is 2.06. The molecular formula is C18H29NS. The predicted molar refractivity (Wildman–Crippen MR) is 91.5 cm³/mol. The van der Waals surface area contributed by atoms with E-state index in [0.29, 0.717) is 12.1 Å². The van der Waals surface area contributed by atoms with E-state index < -0.39 is 0 Å². The molecule has 1 heterocycles. The highest BCUT2D eigenvalue weighted by molar-refractivity contribution is 7.99. The second kappa shape index (κ2) is 7.51. The van der Waals surface area contributed by atoms with Crippen LogP contribution in [0.25, 0.3) is 0 Å². The molecule has 1 aromatic rings. The van der Waals surface area contributed by atoms with E-state index in [0.717, 1.165) is 11.2 Å². The fourth-order valence-electron chi connectivity index (χ4n) is 2.97. The summed E-state index contributed by atoms with van der Waals surface area (Å²) in [7, 11) is 0. The maximum atomic E-state index is 3.82. The normalized spacial score (nSPS) is 24.9. The molecule has 3 atom stereocenters. The van der Waals surface area contributed by atoms with Crippen LogP contribution in [0.15, 0.2) is 24.3 Å². The minimum atomic E-state index is 0.453. The van der Waals surface area contributed by atoms with Gasteiger partial charge in [-0.2, -0.15) is 11.8 Å². The minimum absolute atomic E-state index is 0.453. The molecular weight excluding hydrogens is 262 g/mol. The first-order chi connectivity index (χ1) is 9.56. The molecule has 1 saturated heterocycles. The van der Waals surface area contributed by atoms with Crippen LogP contribution in [0.1, 0.15) is 57.7 Å². The van der Waals surface area contributed by atoms with E-state index in [2.05, 4.69) is 69.0 Å². The molecule has 1 N–H and O–H groups in total. The van der Waals surface area contributed by atoms with Crippen molar-refractivity contribution in [2.45, 2.75) is 64.3 Å². The average Bonchev–Trinajstić information content (AvgIpc) is 2.41. The van der Waals surface area contributed by atoms with Crippen LogP contribution in [-0.2, 0) is 6.42 Å². The van der Waals surface area contributed by atoms with E-state index in [1.165, 1.54) is 36.1 Å². The van der Waals surface area contributed by atoms with Crippen LogP contribution in [0.2, 0.25) is 0 Å². The summed E-state index contributed by atoms with van der Waals surface area (Å²) in [6, 6.07) is 10.3. The van der Waals surface area contributed by atoms with Gasteiger partial charge in [-0.3, -0.25) is 0 Å². The summed E-state index contributed by atoms with van der Waals surface area (Å²) in [6.45, 7) is 9.21. The molecule has 0 bridgehead atoms. The summed E-state index contributed by atoms with van der Waals surface area (Å²) in [5, 5.41) is 4.57. The maximum Gasteiger partial charge on any atom is 0.0294 e. The predicted octanol–water partition coefficient (Wildman–Crippen LogP) is 4.82. The highest BCUT2D eigenvalue weighted by atomic mass is 32.2. The van der Waals surface area contributed by atoms with Crippen LogP contribution in [0, 0.1) is 5.92 Å². The largest absolute Gasteiger partial charge is 0.306 e. The zero-order chi connectivity index (χ0) is 14.5. The Morgan fingerprint density at radius 3 is 2.50 bits per heavy atom. The van der Waals surface area contributed by atoms with Gasteiger partial charge in [-0.1, -0.05) is 45.0 Å². The Bertz CT molecular complexity index is 398. The van der Waals surface area contributed by atoms with Gasteiger partial charge in [0.25, 0.3) is 0 Å². The second-order valence-electron chi connectivity index (χ2n) is 6.55. The zero-order valence-electron chi connectivity index (χ0n) is 13.4. The first-order valence-corrected chi connectivity index (χ1v) is 9.07. The zero-order valence-corrected chi connectivity index (χ0v) is 14.2. The highest BCUT2D eigenvalue weighted by Gasteiger charge is 2.23. The summed E-state index contributed by atoms with van der Waals surface area (Å²) in [5.41, 5.74) is 2.87. The van der Waals surface area contributed by atoms with Crippen molar-refractivity contribution in [2.24, 2.45) is 5.92 Å². The Morgan fingerprint density at radius 2 is 1.90 bits per heavy atom. The van der Waals surface area contributed by atoms with Gasteiger partial charge in [0.15, 0.2) is 0 Å². The van der Waals surface area contributed by atoms with Gasteiger partial charge in [0.2, 0.25) is 0 Å². The van der Waals surface area contributed by atoms with Crippen LogP contribution in [0.3, 0.4) is 0 Å². The van der Waals surface area contributed by atoms with Crippen molar-refractivity contribution < 1.29 is 0 Å². The number of nitrogens with one attached hydrogen (secondary N) is 1. The van der Waals surface area contributed by atoms with Crippen LogP contribution < -0.4 is 5.32 Å². The molecule has 0 radical (unpaired) electrons. The van der Waals surface area contributed by atoms with Crippen LogP contribution in [0.5, 0.6) is 0 Å². The summed E-state index contributed by atoms with van der Waals surface area (Å²) >= 11 is 2.11. The average molecular weight is 292 g/mol. The first-order valence-electron chi connectivity index (χ1n) is 8.02. The van der Waals surface area contributed by atoms with E-state index in [9.17, 15) is 0 Å². The maximum absolute atomic E-state index is 3.82. The molecule has 1 nitrogen and oxygen atoms in total. The van der Waals surface area contributed by atoms with Gasteiger partial charge in [0.05, 0.1) is 0 Å². The van der Waals surface area contributed by atoms with Crippen molar-refractivity contribution in [3.8, 4) is 0 Å². The summed E-state index contributed by atoms with van der Waals surface area (Å²) in [4.78, 5) is 0. The Labute approximate surface area is 128 Å². The van der Waals surface area contributed by atoms with E-state index >= 15 is 0 Å². The molecule has 1 aromatic carbocycles. The number of hydrogen-bond acceptors (Lipinski definition) is 2. The molecule has 112 valence electrons. The monoisotopic (exact) mass is 291 g/mol. The lowest BCUT2D eigenvalue weighted by Gasteiger charge is -2.32. The van der Waals surface area contributed by atoms with Gasteiger partial charge in [-0.25, -0.2) is 0 Å². The topological polar surface area (TPSA) is 12.0 Å². The molecule has 1 fully saturated rings. The standard InChI is InChI=1S/C18H29NS/c1-13(2)12-16-7-9-17(10-8-16)14(3)19-18-6-5-11-20-15(18)4/h7-10,13-15,18-19H,5-6,11-12H2,1-4H3. The van der Waals surface area contributed by atoms with Crippen LogP contribution in [-0.4, -0.2) is 17.0 Å². The van der Waals surface area contributed by atoms with Gasteiger partial charge < -0.3 is 5.32 Å². The second-order valence-corrected chi connectivity index (χ2v) is 8.04. The quantitative estimate of drug-likeness (QED) is 0.834. The number of thioether (sulfide) groups is 1. The molecule has 2 heteroatoms. The van der Waals surface area contributed by atoms with Crippen molar-refractivity contribution in [3.63, 3.8) is 0 Å². The molecule has 1 aliphatic heterocycles. The van der Waals surface area contributed by atoms with E-state index in [-0.39, 0.29) is 0 Å². The molecule has 2 rings (SSSR count). The lowest BCUT2D eigenvalue weighted by atomic mass is 9.99. The van der Waals surface area contributed by atoms with E-state index in [1.54, 1.807) is 0 Å². The lowest BCUT2D eigenvalue weighted by molar-refractivity contribution is 0.417. The number of benzene rings is 1. The first kappa shape index (κ1) is 15.9. The van der Waals surface area contributed by atoms with Gasteiger partial charge >= 0.3 is 0 Å². The lowest BCUT2D eigenvalue weighted by Crippen LogP contribution is -2.40. The van der Waals surface area contributed by atoms with Crippen molar-refractivity contribution >= 4 is 11.8 Å². The molecule has 3 unspecified atom stereocenters. The van der Waals surface area contributed by atoms with Gasteiger partial charge in [-0.15, -0.1) is 0 Å². The molecule has 0 spiro atoms. The van der Waals surface area contributed by atoms with Crippen molar-refractivity contribution in [1.29, 1.82) is 0 Å². The Kier molecular flexibility index (Phi) is 5.98. The van der Waals surface area contributed by atoms with Crippen LogP contribution >= 0.6 is 11.8 Å². The molecule has 20 heavy (non-hydrogen) atoms. The number of hydrogen-bond donors (Lipinski definition) is 1. The van der Waals surface area contributed by atoms with Crippen LogP contribution in [0.4, 0.5) is 0 Å².